The van der Waals surface area contributed by atoms with Crippen LogP contribution in [0, 0.1) is 0 Å². The lowest BCUT2D eigenvalue weighted by Crippen LogP contribution is -2.18. The second kappa shape index (κ2) is 6.79. The molecule has 1 aliphatic rings. The predicted molar refractivity (Wildman–Crippen MR) is 91.6 cm³/mol. The molecule has 1 saturated heterocycles. The summed E-state index contributed by atoms with van der Waals surface area (Å²) in [5, 5.41) is 0. The Hall–Kier alpha value is -2.11. The lowest BCUT2D eigenvalue weighted by atomic mass is 10.1. The van der Waals surface area contributed by atoms with Crippen molar-refractivity contribution in [1.82, 2.24) is 14.3 Å². The molecular formula is C19H23N3O2. The fourth-order valence-corrected chi connectivity index (χ4v) is 3.32. The third kappa shape index (κ3) is 3.23. The fourth-order valence-electron chi connectivity index (χ4n) is 3.32. The number of fused-ring (bicyclic) bond motifs is 1. The maximum Gasteiger partial charge on any atom is 0.136 e. The number of pyridine rings is 1. The maximum absolute atomic E-state index is 6.01. The van der Waals surface area contributed by atoms with Gasteiger partial charge in [0.1, 0.15) is 23.3 Å². The molecule has 0 radical (unpaired) electrons. The summed E-state index contributed by atoms with van der Waals surface area (Å²) in [5.74, 6) is 1.95. The van der Waals surface area contributed by atoms with Crippen LogP contribution in [0.2, 0.25) is 0 Å². The fraction of sp³-hybridized carbons (Fsp3) is 0.421. The van der Waals surface area contributed by atoms with E-state index in [0.717, 1.165) is 49.7 Å². The zero-order chi connectivity index (χ0) is 16.4. The Morgan fingerprint density at radius 1 is 1.21 bits per heavy atom. The molecule has 0 amide bonds. The van der Waals surface area contributed by atoms with Crippen molar-refractivity contribution in [3.05, 3.63) is 59.9 Å². The van der Waals surface area contributed by atoms with Crippen LogP contribution in [0.25, 0.3) is 5.65 Å². The largest absolute Gasteiger partial charge is 0.462 e. The summed E-state index contributed by atoms with van der Waals surface area (Å²) in [6, 6.07) is 10.2. The molecule has 0 bridgehead atoms. The topological polar surface area (TPSA) is 42.9 Å². The highest BCUT2D eigenvalue weighted by atomic mass is 16.5. The molecule has 3 aromatic heterocycles. The highest BCUT2D eigenvalue weighted by Crippen LogP contribution is 2.29. The van der Waals surface area contributed by atoms with E-state index in [4.69, 9.17) is 9.15 Å². The zero-order valence-electron chi connectivity index (χ0n) is 14.0. The van der Waals surface area contributed by atoms with Gasteiger partial charge in [-0.3, -0.25) is 4.90 Å². The van der Waals surface area contributed by atoms with Crippen molar-refractivity contribution < 1.29 is 9.15 Å². The van der Waals surface area contributed by atoms with Gasteiger partial charge in [0, 0.05) is 19.3 Å². The molecule has 0 unspecified atom stereocenters. The van der Waals surface area contributed by atoms with Crippen molar-refractivity contribution in [2.75, 3.05) is 13.7 Å². The Bertz CT molecular complexity index is 802. The van der Waals surface area contributed by atoms with Crippen LogP contribution < -0.4 is 0 Å². The molecule has 1 aliphatic heterocycles. The number of ether oxygens (including phenoxy) is 1. The van der Waals surface area contributed by atoms with Gasteiger partial charge in [-0.25, -0.2) is 4.98 Å². The average molecular weight is 325 g/mol. The third-order valence-electron chi connectivity index (χ3n) is 4.53. The molecule has 3 aromatic rings. The Morgan fingerprint density at radius 2 is 2.17 bits per heavy atom. The minimum absolute atomic E-state index is 0.136. The molecule has 4 rings (SSSR count). The SMILES string of the molecule is CN(Cc1ccc([C@@H]2CCCCO2)o1)Cc1cnc2ccccn12. The lowest BCUT2D eigenvalue weighted by molar-refractivity contribution is 0.000903. The van der Waals surface area contributed by atoms with Crippen molar-refractivity contribution >= 4 is 5.65 Å². The quantitative estimate of drug-likeness (QED) is 0.715. The van der Waals surface area contributed by atoms with Crippen LogP contribution in [-0.2, 0) is 17.8 Å². The third-order valence-corrected chi connectivity index (χ3v) is 4.53. The molecule has 5 nitrogen and oxygen atoms in total. The zero-order valence-corrected chi connectivity index (χ0v) is 14.0. The summed E-state index contributed by atoms with van der Waals surface area (Å²) < 4.78 is 13.9. The number of nitrogens with zero attached hydrogens (tertiary/aromatic N) is 3. The van der Waals surface area contributed by atoms with Crippen molar-refractivity contribution in [1.29, 1.82) is 0 Å². The van der Waals surface area contributed by atoms with Gasteiger partial charge in [-0.1, -0.05) is 6.07 Å². The van der Waals surface area contributed by atoms with Gasteiger partial charge < -0.3 is 13.6 Å². The van der Waals surface area contributed by atoms with Crippen molar-refractivity contribution in [3.8, 4) is 0 Å². The van der Waals surface area contributed by atoms with Gasteiger partial charge in [0.15, 0.2) is 0 Å². The maximum atomic E-state index is 6.01. The van der Waals surface area contributed by atoms with E-state index in [1.165, 1.54) is 12.1 Å². The van der Waals surface area contributed by atoms with Gasteiger partial charge in [-0.2, -0.15) is 0 Å². The van der Waals surface area contributed by atoms with E-state index in [1.807, 2.05) is 24.4 Å². The minimum atomic E-state index is 0.136. The predicted octanol–water partition coefficient (Wildman–Crippen LogP) is 3.80. The molecule has 0 aromatic carbocycles. The van der Waals surface area contributed by atoms with E-state index in [-0.39, 0.29) is 6.10 Å². The monoisotopic (exact) mass is 325 g/mol. The van der Waals surface area contributed by atoms with Gasteiger partial charge in [0.05, 0.1) is 18.4 Å². The molecule has 5 heteroatoms. The Morgan fingerprint density at radius 3 is 3.04 bits per heavy atom. The van der Waals surface area contributed by atoms with Crippen molar-refractivity contribution in [2.45, 2.75) is 38.5 Å². The van der Waals surface area contributed by atoms with E-state index >= 15 is 0 Å². The number of imidazole rings is 1. The molecule has 1 fully saturated rings. The number of rotatable bonds is 5. The first-order valence-electron chi connectivity index (χ1n) is 8.59. The first kappa shape index (κ1) is 15.4. The Balaban J connectivity index is 1.41. The van der Waals surface area contributed by atoms with E-state index < -0.39 is 0 Å². The summed E-state index contributed by atoms with van der Waals surface area (Å²) in [7, 11) is 2.10. The van der Waals surface area contributed by atoms with Gasteiger partial charge in [0.2, 0.25) is 0 Å². The Labute approximate surface area is 141 Å². The van der Waals surface area contributed by atoms with Crippen LogP contribution in [0.3, 0.4) is 0 Å². The number of furan rings is 1. The van der Waals surface area contributed by atoms with E-state index in [1.54, 1.807) is 0 Å². The van der Waals surface area contributed by atoms with E-state index in [0.29, 0.717) is 0 Å². The first-order valence-corrected chi connectivity index (χ1v) is 8.59. The summed E-state index contributed by atoms with van der Waals surface area (Å²) in [6.45, 7) is 2.43. The highest BCUT2D eigenvalue weighted by molar-refractivity contribution is 5.39. The molecule has 4 heterocycles. The summed E-state index contributed by atoms with van der Waals surface area (Å²) in [4.78, 5) is 6.68. The molecule has 0 spiro atoms. The van der Waals surface area contributed by atoms with Crippen molar-refractivity contribution in [3.63, 3.8) is 0 Å². The second-order valence-corrected chi connectivity index (χ2v) is 6.51. The Kier molecular flexibility index (Phi) is 4.36. The molecule has 0 saturated carbocycles. The van der Waals surface area contributed by atoms with Crippen LogP contribution in [0.5, 0.6) is 0 Å². The smallest absolute Gasteiger partial charge is 0.136 e. The lowest BCUT2D eigenvalue weighted by Gasteiger charge is -2.20. The van der Waals surface area contributed by atoms with Crippen LogP contribution in [0.1, 0.15) is 42.6 Å². The van der Waals surface area contributed by atoms with Gasteiger partial charge >= 0.3 is 0 Å². The van der Waals surface area contributed by atoms with Gasteiger partial charge in [0.25, 0.3) is 0 Å². The van der Waals surface area contributed by atoms with Crippen LogP contribution in [-0.4, -0.2) is 27.9 Å². The summed E-state index contributed by atoms with van der Waals surface area (Å²) in [5.41, 5.74) is 2.16. The van der Waals surface area contributed by atoms with Crippen LogP contribution in [0.15, 0.2) is 47.1 Å². The van der Waals surface area contributed by atoms with Crippen molar-refractivity contribution in [2.24, 2.45) is 0 Å². The normalized spacial score (nSPS) is 18.5. The minimum Gasteiger partial charge on any atom is -0.462 e. The van der Waals surface area contributed by atoms with E-state index in [9.17, 15) is 0 Å². The van der Waals surface area contributed by atoms with Crippen LogP contribution in [0.4, 0.5) is 0 Å². The average Bonchev–Trinajstić information content (AvgIpc) is 3.23. The molecule has 24 heavy (non-hydrogen) atoms. The molecule has 0 N–H and O–H groups in total. The number of aromatic nitrogens is 2. The molecular weight excluding hydrogens is 302 g/mol. The summed E-state index contributed by atoms with van der Waals surface area (Å²) in [6.07, 6.45) is 7.56. The standard InChI is InChI=1S/C19H23N3O2/c1-21(13-15-12-20-19-7-2-4-10-22(15)19)14-16-8-9-18(24-16)17-6-3-5-11-23-17/h2,4,7-10,12,17H,3,5-6,11,13-14H2,1H3/t17-/m0/s1. The molecule has 0 aliphatic carbocycles. The van der Waals surface area contributed by atoms with Gasteiger partial charge in [-0.05, 0) is 50.6 Å². The highest BCUT2D eigenvalue weighted by Gasteiger charge is 2.19. The number of hydrogen-bond donors (Lipinski definition) is 0. The van der Waals surface area contributed by atoms with Gasteiger partial charge in [-0.15, -0.1) is 0 Å². The number of hydrogen-bond acceptors (Lipinski definition) is 4. The second-order valence-electron chi connectivity index (χ2n) is 6.51. The van der Waals surface area contributed by atoms with E-state index in [2.05, 4.69) is 39.7 Å². The van der Waals surface area contributed by atoms with Crippen LogP contribution >= 0.6 is 0 Å². The molecule has 1 atom stereocenters. The molecule has 126 valence electrons. The first-order chi connectivity index (χ1) is 11.8. The summed E-state index contributed by atoms with van der Waals surface area (Å²) >= 11 is 0.